The van der Waals surface area contributed by atoms with Crippen LogP contribution in [-0.2, 0) is 6.42 Å². The number of carbonyl (C=O) groups excluding carboxylic acids is 1. The standard InChI is InChI=1S/C15H13FN4O2/c16-10-3-1-2-8(4-10)9-5-11-14(13(21)6-9)12(7-18-22)20-15(17)19-11/h1-4,7,9,22H,5-6H2,(H2,17,19,20). The third-order valence-electron chi connectivity index (χ3n) is 3.68. The summed E-state index contributed by atoms with van der Waals surface area (Å²) in [5.41, 5.74) is 7.39. The molecule has 1 heterocycles. The SMILES string of the molecule is Nc1nc(C=NO)c2c(n1)CC(c1cccc(F)c1)CC2=O. The largest absolute Gasteiger partial charge is 0.411 e. The fraction of sp³-hybridized carbons (Fsp3) is 0.200. The molecule has 1 aromatic heterocycles. The van der Waals surface area contributed by atoms with Gasteiger partial charge in [-0.25, -0.2) is 14.4 Å². The maximum Gasteiger partial charge on any atom is 0.220 e. The molecule has 7 heteroatoms. The van der Waals surface area contributed by atoms with Crippen LogP contribution in [0.1, 0.15) is 39.6 Å². The van der Waals surface area contributed by atoms with Crippen molar-refractivity contribution in [1.29, 1.82) is 0 Å². The Hall–Kier alpha value is -2.83. The number of nitrogens with zero attached hydrogens (tertiary/aromatic N) is 3. The van der Waals surface area contributed by atoms with Gasteiger partial charge in [0.1, 0.15) is 11.5 Å². The zero-order valence-corrected chi connectivity index (χ0v) is 11.5. The van der Waals surface area contributed by atoms with E-state index >= 15 is 0 Å². The second-order valence-electron chi connectivity index (χ2n) is 5.12. The van der Waals surface area contributed by atoms with Crippen LogP contribution in [0.5, 0.6) is 0 Å². The molecule has 1 aliphatic carbocycles. The second-order valence-corrected chi connectivity index (χ2v) is 5.12. The van der Waals surface area contributed by atoms with Gasteiger partial charge in [-0.1, -0.05) is 17.3 Å². The van der Waals surface area contributed by atoms with Crippen molar-refractivity contribution in [2.24, 2.45) is 5.16 Å². The van der Waals surface area contributed by atoms with Gasteiger partial charge in [0, 0.05) is 6.42 Å². The molecule has 22 heavy (non-hydrogen) atoms. The number of oxime groups is 1. The maximum atomic E-state index is 13.4. The lowest BCUT2D eigenvalue weighted by atomic mass is 9.81. The predicted octanol–water partition coefficient (Wildman–Crippen LogP) is 1.92. The first-order valence-electron chi connectivity index (χ1n) is 6.71. The molecule has 6 nitrogen and oxygen atoms in total. The van der Waals surface area contributed by atoms with E-state index in [1.165, 1.54) is 12.1 Å². The lowest BCUT2D eigenvalue weighted by Crippen LogP contribution is -2.23. The fourth-order valence-corrected chi connectivity index (χ4v) is 2.77. The van der Waals surface area contributed by atoms with E-state index in [4.69, 9.17) is 10.9 Å². The molecule has 112 valence electrons. The number of halogens is 1. The molecule has 2 aromatic rings. The van der Waals surface area contributed by atoms with Gasteiger partial charge in [-0.05, 0) is 30.0 Å². The molecule has 3 rings (SSSR count). The van der Waals surface area contributed by atoms with Crippen LogP contribution in [0.15, 0.2) is 29.4 Å². The first kappa shape index (κ1) is 14.1. The van der Waals surface area contributed by atoms with Crippen molar-refractivity contribution < 1.29 is 14.4 Å². The minimum Gasteiger partial charge on any atom is -0.411 e. The highest BCUT2D eigenvalue weighted by Gasteiger charge is 2.30. The van der Waals surface area contributed by atoms with Gasteiger partial charge in [0.25, 0.3) is 0 Å². The van der Waals surface area contributed by atoms with Gasteiger partial charge in [-0.3, -0.25) is 4.79 Å². The number of fused-ring (bicyclic) bond motifs is 1. The lowest BCUT2D eigenvalue weighted by Gasteiger charge is -2.24. The Morgan fingerprint density at radius 2 is 2.18 bits per heavy atom. The second kappa shape index (κ2) is 5.51. The van der Waals surface area contributed by atoms with E-state index in [1.807, 2.05) is 0 Å². The average Bonchev–Trinajstić information content (AvgIpc) is 2.46. The average molecular weight is 300 g/mol. The summed E-state index contributed by atoms with van der Waals surface area (Å²) in [6.45, 7) is 0. The Morgan fingerprint density at radius 3 is 2.91 bits per heavy atom. The number of anilines is 1. The van der Waals surface area contributed by atoms with E-state index < -0.39 is 0 Å². The van der Waals surface area contributed by atoms with Crippen LogP contribution in [0.4, 0.5) is 10.3 Å². The highest BCUT2D eigenvalue weighted by Crippen LogP contribution is 2.33. The molecular weight excluding hydrogens is 287 g/mol. The van der Waals surface area contributed by atoms with Crippen molar-refractivity contribution in [3.8, 4) is 0 Å². The molecule has 0 saturated carbocycles. The molecule has 0 fully saturated rings. The van der Waals surface area contributed by atoms with Crippen molar-refractivity contribution in [2.75, 3.05) is 5.73 Å². The smallest absolute Gasteiger partial charge is 0.220 e. The molecule has 0 aliphatic heterocycles. The molecule has 3 N–H and O–H groups in total. The third-order valence-corrected chi connectivity index (χ3v) is 3.68. The van der Waals surface area contributed by atoms with Crippen LogP contribution in [0.3, 0.4) is 0 Å². The normalized spacial score (nSPS) is 17.7. The number of hydrogen-bond donors (Lipinski definition) is 2. The van der Waals surface area contributed by atoms with Gasteiger partial charge in [0.2, 0.25) is 5.95 Å². The molecule has 0 bridgehead atoms. The van der Waals surface area contributed by atoms with Crippen molar-refractivity contribution in [3.63, 3.8) is 0 Å². The van der Waals surface area contributed by atoms with Gasteiger partial charge in [-0.15, -0.1) is 0 Å². The minimum atomic E-state index is -0.342. The minimum absolute atomic E-state index is 0.00124. The number of Topliss-reactive ketones (excluding diaryl/α,β-unsaturated/α-hetero) is 1. The van der Waals surface area contributed by atoms with Crippen LogP contribution in [0, 0.1) is 5.82 Å². The first-order chi connectivity index (χ1) is 10.6. The molecule has 0 amide bonds. The Kier molecular flexibility index (Phi) is 3.54. The Bertz CT molecular complexity index is 776. The molecule has 1 atom stereocenters. The van der Waals surface area contributed by atoms with Crippen LogP contribution in [0.25, 0.3) is 0 Å². The number of ketones is 1. The van der Waals surface area contributed by atoms with Crippen LogP contribution in [0.2, 0.25) is 0 Å². The van der Waals surface area contributed by atoms with E-state index in [2.05, 4.69) is 15.1 Å². The highest BCUT2D eigenvalue weighted by atomic mass is 19.1. The van der Waals surface area contributed by atoms with E-state index in [9.17, 15) is 9.18 Å². The molecule has 1 aliphatic rings. The number of nitrogens with two attached hydrogens (primary N) is 1. The van der Waals surface area contributed by atoms with Crippen LogP contribution < -0.4 is 5.73 Å². The van der Waals surface area contributed by atoms with Crippen LogP contribution >= 0.6 is 0 Å². The monoisotopic (exact) mass is 300 g/mol. The van der Waals surface area contributed by atoms with E-state index in [-0.39, 0.29) is 35.6 Å². The fourth-order valence-electron chi connectivity index (χ4n) is 2.77. The molecule has 1 unspecified atom stereocenters. The quantitative estimate of drug-likeness (QED) is 0.501. The van der Waals surface area contributed by atoms with Gasteiger partial charge in [-0.2, -0.15) is 0 Å². The summed E-state index contributed by atoms with van der Waals surface area (Å²) in [4.78, 5) is 20.4. The lowest BCUT2D eigenvalue weighted by molar-refractivity contribution is 0.0962. The van der Waals surface area contributed by atoms with Crippen LogP contribution in [-0.4, -0.2) is 27.2 Å². The van der Waals surface area contributed by atoms with Gasteiger partial charge in [0.15, 0.2) is 5.78 Å². The number of carbonyl (C=O) groups is 1. The van der Waals surface area contributed by atoms with Crippen molar-refractivity contribution in [3.05, 3.63) is 52.6 Å². The summed E-state index contributed by atoms with van der Waals surface area (Å²) >= 11 is 0. The van der Waals surface area contributed by atoms with Gasteiger partial charge >= 0.3 is 0 Å². The van der Waals surface area contributed by atoms with E-state index in [0.29, 0.717) is 17.7 Å². The summed E-state index contributed by atoms with van der Waals surface area (Å²) in [5, 5.41) is 11.6. The summed E-state index contributed by atoms with van der Waals surface area (Å²) in [5.74, 6) is -0.679. The summed E-state index contributed by atoms with van der Waals surface area (Å²) in [6.07, 6.45) is 1.73. The molecule has 0 spiro atoms. The topological polar surface area (TPSA) is 101 Å². The Morgan fingerprint density at radius 1 is 1.36 bits per heavy atom. The molecular formula is C15H13FN4O2. The third kappa shape index (κ3) is 2.52. The van der Waals surface area contributed by atoms with E-state index in [1.54, 1.807) is 12.1 Å². The summed E-state index contributed by atoms with van der Waals surface area (Å²) in [6, 6.07) is 6.18. The Labute approximate surface area is 125 Å². The Balaban J connectivity index is 2.04. The predicted molar refractivity (Wildman–Crippen MR) is 77.6 cm³/mol. The highest BCUT2D eigenvalue weighted by molar-refractivity contribution is 6.04. The molecule has 0 radical (unpaired) electrons. The van der Waals surface area contributed by atoms with Crippen molar-refractivity contribution in [1.82, 2.24) is 9.97 Å². The van der Waals surface area contributed by atoms with Gasteiger partial charge in [0.05, 0.1) is 17.5 Å². The first-order valence-corrected chi connectivity index (χ1v) is 6.71. The van der Waals surface area contributed by atoms with Crippen molar-refractivity contribution >= 4 is 17.9 Å². The summed E-state index contributed by atoms with van der Waals surface area (Å²) < 4.78 is 13.4. The van der Waals surface area contributed by atoms with Gasteiger partial charge < -0.3 is 10.9 Å². The zero-order chi connectivity index (χ0) is 15.7. The summed E-state index contributed by atoms with van der Waals surface area (Å²) in [7, 11) is 0. The molecule has 1 aromatic carbocycles. The number of benzene rings is 1. The van der Waals surface area contributed by atoms with Crippen molar-refractivity contribution in [2.45, 2.75) is 18.8 Å². The number of nitrogen functional groups attached to an aromatic ring is 1. The maximum absolute atomic E-state index is 13.4. The number of hydrogen-bond acceptors (Lipinski definition) is 6. The van der Waals surface area contributed by atoms with E-state index in [0.717, 1.165) is 11.8 Å². The zero-order valence-electron chi connectivity index (χ0n) is 11.5. The number of rotatable bonds is 2. The molecule has 0 saturated heterocycles. The number of aromatic nitrogens is 2.